The van der Waals surface area contributed by atoms with Crippen LogP contribution < -0.4 is 10.6 Å². The minimum absolute atomic E-state index is 0.265. The largest absolute Gasteiger partial charge is 0.444 e. The number of amides is 1. The first-order valence-electron chi connectivity index (χ1n) is 7.62. The molecule has 1 amide bonds. The molecule has 1 aliphatic heterocycles. The first-order valence-corrected chi connectivity index (χ1v) is 7.62. The van der Waals surface area contributed by atoms with Gasteiger partial charge in [0, 0.05) is 6.04 Å². The molecule has 2 N–H and O–H groups in total. The summed E-state index contributed by atoms with van der Waals surface area (Å²) < 4.78 is 5.30. The number of hydrogen-bond acceptors (Lipinski definition) is 3. The van der Waals surface area contributed by atoms with Crippen molar-refractivity contribution in [1.29, 1.82) is 0 Å². The molecule has 0 aromatic carbocycles. The molecule has 2 fully saturated rings. The van der Waals surface area contributed by atoms with Gasteiger partial charge in [-0.05, 0) is 77.8 Å². The van der Waals surface area contributed by atoms with Crippen LogP contribution in [-0.2, 0) is 4.74 Å². The monoisotopic (exact) mass is 268 g/mol. The molecule has 1 aliphatic carbocycles. The van der Waals surface area contributed by atoms with Gasteiger partial charge in [-0.25, -0.2) is 4.79 Å². The number of rotatable bonds is 3. The molecule has 1 saturated heterocycles. The van der Waals surface area contributed by atoms with Crippen LogP contribution in [0.3, 0.4) is 0 Å². The van der Waals surface area contributed by atoms with Crippen molar-refractivity contribution in [1.82, 2.24) is 10.6 Å². The number of alkyl carbamates (subject to hydrolysis) is 1. The van der Waals surface area contributed by atoms with Crippen LogP contribution in [0, 0.1) is 11.8 Å². The van der Waals surface area contributed by atoms with Gasteiger partial charge in [-0.2, -0.15) is 0 Å². The molecule has 0 atom stereocenters. The molecule has 1 saturated carbocycles. The molecule has 0 aromatic rings. The summed E-state index contributed by atoms with van der Waals surface area (Å²) in [5, 5.41) is 6.34. The Bertz CT molecular complexity index is 300. The lowest BCUT2D eigenvalue weighted by Gasteiger charge is -2.35. The third kappa shape index (κ3) is 5.01. The highest BCUT2D eigenvalue weighted by Crippen LogP contribution is 2.30. The lowest BCUT2D eigenvalue weighted by Crippen LogP contribution is -2.44. The Kier molecular flexibility index (Phi) is 4.71. The Morgan fingerprint density at radius 3 is 2.26 bits per heavy atom. The normalized spacial score (nSPS) is 28.6. The number of carbonyl (C=O) groups is 1. The molecule has 0 radical (unpaired) electrons. The third-order valence-electron chi connectivity index (χ3n) is 4.10. The van der Waals surface area contributed by atoms with Crippen LogP contribution in [0.25, 0.3) is 0 Å². The summed E-state index contributed by atoms with van der Waals surface area (Å²) >= 11 is 0. The summed E-state index contributed by atoms with van der Waals surface area (Å²) in [6.45, 7) is 8.11. The van der Waals surface area contributed by atoms with E-state index >= 15 is 0 Å². The highest BCUT2D eigenvalue weighted by Gasteiger charge is 2.27. The van der Waals surface area contributed by atoms with E-state index in [1.54, 1.807) is 0 Å². The van der Waals surface area contributed by atoms with Gasteiger partial charge in [0.25, 0.3) is 0 Å². The fourth-order valence-corrected chi connectivity index (χ4v) is 3.00. The molecule has 4 heteroatoms. The van der Waals surface area contributed by atoms with Crippen molar-refractivity contribution in [2.75, 3.05) is 13.1 Å². The van der Waals surface area contributed by atoms with Crippen molar-refractivity contribution < 1.29 is 9.53 Å². The molecule has 110 valence electrons. The van der Waals surface area contributed by atoms with Crippen LogP contribution in [0.4, 0.5) is 4.79 Å². The highest BCUT2D eigenvalue weighted by molar-refractivity contribution is 5.68. The van der Waals surface area contributed by atoms with Crippen molar-refractivity contribution in [2.24, 2.45) is 11.8 Å². The van der Waals surface area contributed by atoms with E-state index in [0.29, 0.717) is 6.04 Å². The smallest absolute Gasteiger partial charge is 0.407 e. The molecule has 2 aliphatic rings. The van der Waals surface area contributed by atoms with Crippen molar-refractivity contribution >= 4 is 6.09 Å². The molecule has 19 heavy (non-hydrogen) atoms. The summed E-state index contributed by atoms with van der Waals surface area (Å²) in [6, 6.07) is 0.311. The molecule has 4 nitrogen and oxygen atoms in total. The SMILES string of the molecule is CC(C)(C)OC(=O)NC1CCC(CC2CNC2)CC1. The number of carbonyl (C=O) groups excluding carboxylic acids is 1. The lowest BCUT2D eigenvalue weighted by molar-refractivity contribution is 0.0484. The van der Waals surface area contributed by atoms with Crippen LogP contribution >= 0.6 is 0 Å². The summed E-state index contributed by atoms with van der Waals surface area (Å²) in [5.41, 5.74) is -0.404. The highest BCUT2D eigenvalue weighted by atomic mass is 16.6. The standard InChI is InChI=1S/C15H28N2O2/c1-15(2,3)19-14(18)17-13-6-4-11(5-7-13)8-12-9-16-10-12/h11-13,16H,4-10H2,1-3H3,(H,17,18). The Morgan fingerprint density at radius 1 is 1.16 bits per heavy atom. The zero-order valence-electron chi connectivity index (χ0n) is 12.5. The van der Waals surface area contributed by atoms with E-state index in [2.05, 4.69) is 10.6 Å². The summed E-state index contributed by atoms with van der Waals surface area (Å²) in [4.78, 5) is 11.7. The van der Waals surface area contributed by atoms with Gasteiger partial charge in [-0.1, -0.05) is 0 Å². The van der Waals surface area contributed by atoms with Crippen molar-refractivity contribution in [3.63, 3.8) is 0 Å². The Morgan fingerprint density at radius 2 is 1.79 bits per heavy atom. The number of nitrogens with one attached hydrogen (secondary N) is 2. The third-order valence-corrected chi connectivity index (χ3v) is 4.10. The molecule has 0 spiro atoms. The molecular weight excluding hydrogens is 240 g/mol. The summed E-state index contributed by atoms with van der Waals surface area (Å²) in [7, 11) is 0. The predicted octanol–water partition coefficient (Wildman–Crippen LogP) is 2.68. The van der Waals surface area contributed by atoms with Gasteiger partial charge in [-0.15, -0.1) is 0 Å². The zero-order valence-corrected chi connectivity index (χ0v) is 12.5. The molecular formula is C15H28N2O2. The van der Waals surface area contributed by atoms with Gasteiger partial charge in [0.2, 0.25) is 0 Å². The van der Waals surface area contributed by atoms with Gasteiger partial charge in [-0.3, -0.25) is 0 Å². The molecule has 0 bridgehead atoms. The van der Waals surface area contributed by atoms with Crippen LogP contribution in [0.2, 0.25) is 0 Å². The second-order valence-electron chi connectivity index (χ2n) is 7.12. The predicted molar refractivity (Wildman–Crippen MR) is 76.1 cm³/mol. The Balaban J connectivity index is 1.64. The van der Waals surface area contributed by atoms with Gasteiger partial charge in [0.15, 0.2) is 0 Å². The average Bonchev–Trinajstić information content (AvgIpc) is 2.23. The second kappa shape index (κ2) is 6.12. The van der Waals surface area contributed by atoms with Gasteiger partial charge < -0.3 is 15.4 Å². The first kappa shape index (κ1) is 14.6. The topological polar surface area (TPSA) is 50.4 Å². The maximum atomic E-state index is 11.7. The second-order valence-corrected chi connectivity index (χ2v) is 7.12. The maximum absolute atomic E-state index is 11.7. The van der Waals surface area contributed by atoms with E-state index in [-0.39, 0.29) is 6.09 Å². The van der Waals surface area contributed by atoms with Gasteiger partial charge >= 0.3 is 6.09 Å². The average molecular weight is 268 g/mol. The first-order chi connectivity index (χ1) is 8.92. The summed E-state index contributed by atoms with van der Waals surface area (Å²) in [5.74, 6) is 1.77. The van der Waals surface area contributed by atoms with Gasteiger partial charge in [0.05, 0.1) is 0 Å². The maximum Gasteiger partial charge on any atom is 0.407 e. The zero-order chi connectivity index (χ0) is 13.9. The van der Waals surface area contributed by atoms with E-state index in [1.165, 1.54) is 32.4 Å². The van der Waals surface area contributed by atoms with E-state index in [0.717, 1.165) is 24.7 Å². The van der Waals surface area contributed by atoms with E-state index < -0.39 is 5.60 Å². The molecule has 1 heterocycles. The van der Waals surface area contributed by atoms with Crippen molar-refractivity contribution in [3.8, 4) is 0 Å². The van der Waals surface area contributed by atoms with Crippen molar-refractivity contribution in [2.45, 2.75) is 64.5 Å². The molecule has 0 aromatic heterocycles. The van der Waals surface area contributed by atoms with E-state index in [4.69, 9.17) is 4.74 Å². The minimum Gasteiger partial charge on any atom is -0.444 e. The molecule has 2 rings (SSSR count). The minimum atomic E-state index is -0.404. The fourth-order valence-electron chi connectivity index (χ4n) is 3.00. The summed E-state index contributed by atoms with van der Waals surface area (Å²) in [6.07, 6.45) is 5.80. The van der Waals surface area contributed by atoms with Crippen LogP contribution in [-0.4, -0.2) is 30.8 Å². The fraction of sp³-hybridized carbons (Fsp3) is 0.933. The molecule has 0 unspecified atom stereocenters. The number of ether oxygens (including phenoxy) is 1. The van der Waals surface area contributed by atoms with E-state index in [9.17, 15) is 4.79 Å². The van der Waals surface area contributed by atoms with Crippen LogP contribution in [0.1, 0.15) is 52.9 Å². The Labute approximate surface area is 116 Å². The lowest BCUT2D eigenvalue weighted by atomic mass is 9.79. The van der Waals surface area contributed by atoms with E-state index in [1.807, 2.05) is 20.8 Å². The Hall–Kier alpha value is -0.770. The number of hydrogen-bond donors (Lipinski definition) is 2. The van der Waals surface area contributed by atoms with Crippen LogP contribution in [0.5, 0.6) is 0 Å². The quantitative estimate of drug-likeness (QED) is 0.827. The van der Waals surface area contributed by atoms with Crippen molar-refractivity contribution in [3.05, 3.63) is 0 Å². The van der Waals surface area contributed by atoms with Gasteiger partial charge in [0.1, 0.15) is 5.60 Å². The van der Waals surface area contributed by atoms with Crippen LogP contribution in [0.15, 0.2) is 0 Å².